The summed E-state index contributed by atoms with van der Waals surface area (Å²) in [6.07, 6.45) is 1.05. The Balaban J connectivity index is 2.05. The van der Waals surface area contributed by atoms with Gasteiger partial charge in [0.05, 0.1) is 19.8 Å². The Kier molecular flexibility index (Phi) is 5.22. The van der Waals surface area contributed by atoms with Gasteiger partial charge in [-0.2, -0.15) is 0 Å². The molecule has 0 aliphatic carbocycles. The van der Waals surface area contributed by atoms with E-state index in [-0.39, 0.29) is 11.3 Å². The molecule has 0 atom stereocenters. The maximum atomic E-state index is 11.6. The van der Waals surface area contributed by atoms with Gasteiger partial charge in [-0.3, -0.25) is 4.79 Å². The summed E-state index contributed by atoms with van der Waals surface area (Å²) in [5.74, 6) is 0.143. The minimum absolute atomic E-state index is 0.143. The van der Waals surface area contributed by atoms with Gasteiger partial charge < -0.3 is 15.0 Å². The number of carbonyl (C=O) groups excluding carboxylic acids is 1. The molecule has 1 heterocycles. The smallest absolute Gasteiger partial charge is 0.225 e. The molecule has 0 aromatic heterocycles. The molecule has 1 rings (SSSR count). The minimum Gasteiger partial charge on any atom is -0.370 e. The molecule has 0 bridgehead atoms. The Morgan fingerprint density at radius 1 is 1.31 bits per heavy atom. The first-order valence-electron chi connectivity index (χ1n) is 6.20. The molecule has 4 nitrogen and oxygen atoms in total. The van der Waals surface area contributed by atoms with Crippen LogP contribution in [-0.2, 0) is 9.53 Å². The zero-order valence-corrected chi connectivity index (χ0v) is 10.8. The second-order valence-electron chi connectivity index (χ2n) is 5.47. The molecule has 0 aromatic rings. The first-order chi connectivity index (χ1) is 7.50. The van der Waals surface area contributed by atoms with Crippen molar-refractivity contribution in [3.05, 3.63) is 0 Å². The summed E-state index contributed by atoms with van der Waals surface area (Å²) in [5, 5.41) is 2.98. The van der Waals surface area contributed by atoms with Gasteiger partial charge in [0.15, 0.2) is 0 Å². The minimum atomic E-state index is -0.272. The fraction of sp³-hybridized carbons (Fsp3) is 0.917. The number of ether oxygens (including phenoxy) is 1. The number of quaternary nitrogens is 1. The maximum absolute atomic E-state index is 11.6. The van der Waals surface area contributed by atoms with E-state index < -0.39 is 0 Å². The molecule has 0 radical (unpaired) electrons. The lowest BCUT2D eigenvalue weighted by molar-refractivity contribution is -0.908. The Hall–Kier alpha value is -0.610. The van der Waals surface area contributed by atoms with Crippen molar-refractivity contribution in [2.45, 2.75) is 27.2 Å². The third-order valence-electron chi connectivity index (χ3n) is 2.87. The zero-order chi connectivity index (χ0) is 12.0. The molecule has 1 aliphatic rings. The average molecular weight is 229 g/mol. The van der Waals surface area contributed by atoms with Crippen molar-refractivity contribution in [1.29, 1.82) is 0 Å². The summed E-state index contributed by atoms with van der Waals surface area (Å²) in [4.78, 5) is 13.2. The number of amides is 1. The quantitative estimate of drug-likeness (QED) is 0.636. The third kappa shape index (κ3) is 4.94. The fourth-order valence-corrected chi connectivity index (χ4v) is 1.72. The highest BCUT2D eigenvalue weighted by Crippen LogP contribution is 2.11. The lowest BCUT2D eigenvalue weighted by Crippen LogP contribution is -3.14. The summed E-state index contributed by atoms with van der Waals surface area (Å²) in [6, 6.07) is 0. The van der Waals surface area contributed by atoms with Crippen molar-refractivity contribution in [3.8, 4) is 0 Å². The van der Waals surface area contributed by atoms with Crippen molar-refractivity contribution >= 4 is 5.91 Å². The largest absolute Gasteiger partial charge is 0.370 e. The molecule has 0 aromatic carbocycles. The second kappa shape index (κ2) is 6.21. The van der Waals surface area contributed by atoms with Crippen molar-refractivity contribution in [1.82, 2.24) is 5.32 Å². The molecule has 94 valence electrons. The predicted molar refractivity (Wildman–Crippen MR) is 63.5 cm³/mol. The SMILES string of the molecule is CC(C)(C)C(=O)NCCC[NH+]1CCOCC1. The Bertz CT molecular complexity index is 218. The van der Waals surface area contributed by atoms with Crippen molar-refractivity contribution in [3.63, 3.8) is 0 Å². The molecule has 0 saturated carbocycles. The van der Waals surface area contributed by atoms with Gasteiger partial charge in [-0.15, -0.1) is 0 Å². The van der Waals surface area contributed by atoms with E-state index in [4.69, 9.17) is 4.74 Å². The Labute approximate surface area is 98.3 Å². The molecular formula is C12H25N2O2+. The van der Waals surface area contributed by atoms with Crippen LogP contribution in [0.1, 0.15) is 27.2 Å². The summed E-state index contributed by atoms with van der Waals surface area (Å²) in [5.41, 5.74) is -0.272. The van der Waals surface area contributed by atoms with E-state index in [1.807, 2.05) is 20.8 Å². The van der Waals surface area contributed by atoms with Gasteiger partial charge in [0.25, 0.3) is 0 Å². The van der Waals surface area contributed by atoms with Crippen LogP contribution in [0.4, 0.5) is 0 Å². The molecule has 1 fully saturated rings. The van der Waals surface area contributed by atoms with Crippen LogP contribution in [0.3, 0.4) is 0 Å². The first kappa shape index (κ1) is 13.5. The Morgan fingerprint density at radius 3 is 2.50 bits per heavy atom. The molecule has 2 N–H and O–H groups in total. The number of nitrogens with one attached hydrogen (secondary N) is 2. The van der Waals surface area contributed by atoms with Crippen molar-refractivity contribution in [2.75, 3.05) is 39.4 Å². The molecule has 4 heteroatoms. The monoisotopic (exact) mass is 229 g/mol. The van der Waals surface area contributed by atoms with Gasteiger partial charge in [0.1, 0.15) is 13.1 Å². The molecule has 1 aliphatic heterocycles. The highest BCUT2D eigenvalue weighted by atomic mass is 16.5. The van der Waals surface area contributed by atoms with Crippen LogP contribution in [-0.4, -0.2) is 45.3 Å². The van der Waals surface area contributed by atoms with Gasteiger partial charge in [-0.05, 0) is 0 Å². The van der Waals surface area contributed by atoms with Crippen LogP contribution in [0.25, 0.3) is 0 Å². The summed E-state index contributed by atoms with van der Waals surface area (Å²) >= 11 is 0. The molecule has 1 amide bonds. The molecule has 0 unspecified atom stereocenters. The van der Waals surface area contributed by atoms with Gasteiger partial charge in [0, 0.05) is 18.4 Å². The highest BCUT2D eigenvalue weighted by Gasteiger charge is 2.20. The third-order valence-corrected chi connectivity index (χ3v) is 2.87. The van der Waals surface area contributed by atoms with Gasteiger partial charge in [0.2, 0.25) is 5.91 Å². The Morgan fingerprint density at radius 2 is 1.94 bits per heavy atom. The van der Waals surface area contributed by atoms with E-state index in [2.05, 4.69) is 5.32 Å². The van der Waals surface area contributed by atoms with E-state index >= 15 is 0 Å². The van der Waals surface area contributed by atoms with E-state index in [1.54, 1.807) is 4.90 Å². The highest BCUT2D eigenvalue weighted by molar-refractivity contribution is 5.81. The number of morpholine rings is 1. The van der Waals surface area contributed by atoms with Crippen LogP contribution in [0, 0.1) is 5.41 Å². The van der Waals surface area contributed by atoms with Gasteiger partial charge in [-0.1, -0.05) is 20.8 Å². The average Bonchev–Trinajstić information content (AvgIpc) is 2.24. The lowest BCUT2D eigenvalue weighted by Gasteiger charge is -2.24. The fourth-order valence-electron chi connectivity index (χ4n) is 1.72. The first-order valence-corrected chi connectivity index (χ1v) is 6.20. The van der Waals surface area contributed by atoms with Crippen LogP contribution in [0.15, 0.2) is 0 Å². The molecule has 16 heavy (non-hydrogen) atoms. The molecular weight excluding hydrogens is 204 g/mol. The summed E-state index contributed by atoms with van der Waals surface area (Å²) in [6.45, 7) is 11.7. The summed E-state index contributed by atoms with van der Waals surface area (Å²) in [7, 11) is 0. The van der Waals surface area contributed by atoms with Crippen molar-refractivity contribution in [2.24, 2.45) is 5.41 Å². The van der Waals surface area contributed by atoms with E-state index in [0.717, 1.165) is 45.8 Å². The number of rotatable bonds is 4. The van der Waals surface area contributed by atoms with Gasteiger partial charge in [-0.25, -0.2) is 0 Å². The van der Waals surface area contributed by atoms with Crippen LogP contribution < -0.4 is 10.2 Å². The zero-order valence-electron chi connectivity index (χ0n) is 10.8. The van der Waals surface area contributed by atoms with E-state index in [0.29, 0.717) is 0 Å². The van der Waals surface area contributed by atoms with E-state index in [1.165, 1.54) is 0 Å². The second-order valence-corrected chi connectivity index (χ2v) is 5.47. The number of hydrogen-bond acceptors (Lipinski definition) is 2. The van der Waals surface area contributed by atoms with Crippen LogP contribution in [0.2, 0.25) is 0 Å². The van der Waals surface area contributed by atoms with Crippen LogP contribution >= 0.6 is 0 Å². The maximum Gasteiger partial charge on any atom is 0.225 e. The predicted octanol–water partition coefficient (Wildman–Crippen LogP) is -0.546. The molecule has 1 saturated heterocycles. The molecule has 0 spiro atoms. The summed E-state index contributed by atoms with van der Waals surface area (Å²) < 4.78 is 5.30. The number of carbonyl (C=O) groups is 1. The topological polar surface area (TPSA) is 42.8 Å². The van der Waals surface area contributed by atoms with Crippen LogP contribution in [0.5, 0.6) is 0 Å². The lowest BCUT2D eigenvalue weighted by atomic mass is 9.96. The standard InChI is InChI=1S/C12H24N2O2/c1-12(2,3)11(15)13-5-4-6-14-7-9-16-10-8-14/h4-10H2,1-3H3,(H,13,15)/p+1. The normalized spacial score (nSPS) is 18.4. The number of hydrogen-bond donors (Lipinski definition) is 2. The van der Waals surface area contributed by atoms with Crippen molar-refractivity contribution < 1.29 is 14.4 Å². The van der Waals surface area contributed by atoms with E-state index in [9.17, 15) is 4.79 Å². The van der Waals surface area contributed by atoms with Gasteiger partial charge >= 0.3 is 0 Å².